The van der Waals surface area contributed by atoms with Gasteiger partial charge in [-0.15, -0.1) is 0 Å². The maximum Gasteiger partial charge on any atom is 0.211 e. The Balaban J connectivity index is 2.87. The molecular formula is C10H10N2O. The van der Waals surface area contributed by atoms with Crippen LogP contribution in [0.4, 0.5) is 0 Å². The van der Waals surface area contributed by atoms with Crippen molar-refractivity contribution < 1.29 is 0 Å². The molecule has 0 aliphatic rings. The molecule has 0 saturated carbocycles. The highest BCUT2D eigenvalue weighted by Gasteiger charge is 2.02. The number of hydrogen-bond acceptors (Lipinski definition) is 2. The van der Waals surface area contributed by atoms with Crippen LogP contribution in [0.25, 0.3) is 10.9 Å². The van der Waals surface area contributed by atoms with Gasteiger partial charge >= 0.3 is 0 Å². The van der Waals surface area contributed by atoms with E-state index in [2.05, 4.69) is 10.2 Å². The average molecular weight is 174 g/mol. The van der Waals surface area contributed by atoms with E-state index in [0.717, 1.165) is 5.52 Å². The van der Waals surface area contributed by atoms with Crippen LogP contribution >= 0.6 is 0 Å². The van der Waals surface area contributed by atoms with Crippen LogP contribution in [0.15, 0.2) is 29.1 Å². The fourth-order valence-corrected chi connectivity index (χ4v) is 1.35. The summed E-state index contributed by atoms with van der Waals surface area (Å²) in [6.07, 6.45) is 0.667. The minimum atomic E-state index is 0.0388. The van der Waals surface area contributed by atoms with Crippen LogP contribution in [-0.2, 0) is 6.42 Å². The molecule has 0 radical (unpaired) electrons. The lowest BCUT2D eigenvalue weighted by Crippen LogP contribution is -2.12. The molecule has 0 aliphatic carbocycles. The number of aromatic amines is 1. The third-order valence-electron chi connectivity index (χ3n) is 2.08. The molecule has 0 amide bonds. The first-order valence-corrected chi connectivity index (χ1v) is 4.29. The van der Waals surface area contributed by atoms with Crippen LogP contribution in [0.3, 0.4) is 0 Å². The summed E-state index contributed by atoms with van der Waals surface area (Å²) in [4.78, 5) is 11.7. The van der Waals surface area contributed by atoms with Gasteiger partial charge in [0.05, 0.1) is 5.52 Å². The zero-order valence-corrected chi connectivity index (χ0v) is 7.37. The lowest BCUT2D eigenvalue weighted by atomic mass is 10.2. The second-order valence-electron chi connectivity index (χ2n) is 2.90. The summed E-state index contributed by atoms with van der Waals surface area (Å²) in [5, 5.41) is 7.57. The van der Waals surface area contributed by atoms with Gasteiger partial charge in [0.15, 0.2) is 0 Å². The zero-order valence-electron chi connectivity index (χ0n) is 7.37. The van der Waals surface area contributed by atoms with Crippen molar-refractivity contribution in [1.82, 2.24) is 10.2 Å². The lowest BCUT2D eigenvalue weighted by Gasteiger charge is -1.98. The van der Waals surface area contributed by atoms with Crippen molar-refractivity contribution in [3.05, 3.63) is 40.2 Å². The molecule has 1 N–H and O–H groups in total. The number of H-pyrrole nitrogens is 1. The Morgan fingerprint density at radius 3 is 2.92 bits per heavy atom. The van der Waals surface area contributed by atoms with Gasteiger partial charge in [0.2, 0.25) is 5.43 Å². The van der Waals surface area contributed by atoms with E-state index in [-0.39, 0.29) is 5.43 Å². The van der Waals surface area contributed by atoms with E-state index in [1.54, 1.807) is 0 Å². The van der Waals surface area contributed by atoms with Crippen molar-refractivity contribution in [2.45, 2.75) is 13.3 Å². The number of benzene rings is 1. The fraction of sp³-hybridized carbons (Fsp3) is 0.200. The van der Waals surface area contributed by atoms with Gasteiger partial charge in [0.1, 0.15) is 5.69 Å². The lowest BCUT2D eigenvalue weighted by molar-refractivity contribution is 0.930. The van der Waals surface area contributed by atoms with Crippen molar-refractivity contribution >= 4 is 10.9 Å². The smallest absolute Gasteiger partial charge is 0.211 e. The molecule has 2 rings (SSSR count). The predicted octanol–water partition coefficient (Wildman–Crippen LogP) is 1.49. The summed E-state index contributed by atoms with van der Waals surface area (Å²) in [6.45, 7) is 1.92. The largest absolute Gasteiger partial charge is 0.287 e. The number of hydrogen-bond donors (Lipinski definition) is 1. The Morgan fingerprint density at radius 1 is 1.38 bits per heavy atom. The van der Waals surface area contributed by atoms with Gasteiger partial charge < -0.3 is 0 Å². The number of rotatable bonds is 1. The first kappa shape index (κ1) is 7.98. The Labute approximate surface area is 75.4 Å². The van der Waals surface area contributed by atoms with E-state index < -0.39 is 0 Å². The van der Waals surface area contributed by atoms with E-state index in [1.807, 2.05) is 31.2 Å². The molecule has 1 heterocycles. The normalized spacial score (nSPS) is 10.5. The van der Waals surface area contributed by atoms with E-state index in [4.69, 9.17) is 0 Å². The summed E-state index contributed by atoms with van der Waals surface area (Å²) >= 11 is 0. The van der Waals surface area contributed by atoms with Crippen molar-refractivity contribution in [3.8, 4) is 0 Å². The zero-order chi connectivity index (χ0) is 9.26. The van der Waals surface area contributed by atoms with Crippen LogP contribution < -0.4 is 5.43 Å². The van der Waals surface area contributed by atoms with Gasteiger partial charge in [0, 0.05) is 5.39 Å². The van der Waals surface area contributed by atoms with Gasteiger partial charge in [-0.1, -0.05) is 19.1 Å². The molecule has 0 unspecified atom stereocenters. The molecule has 3 nitrogen and oxygen atoms in total. The maximum absolute atomic E-state index is 11.7. The number of nitrogens with zero attached hydrogens (tertiary/aromatic N) is 1. The second kappa shape index (κ2) is 3.01. The number of nitrogens with one attached hydrogen (secondary N) is 1. The Kier molecular flexibility index (Phi) is 1.85. The highest BCUT2D eigenvalue weighted by atomic mass is 16.1. The molecule has 2 aromatic rings. The third kappa shape index (κ3) is 1.22. The van der Waals surface area contributed by atoms with E-state index in [9.17, 15) is 4.79 Å². The Hall–Kier alpha value is -1.64. The Bertz CT molecular complexity index is 487. The topological polar surface area (TPSA) is 45.8 Å². The molecule has 1 aromatic carbocycles. The molecule has 0 atom stereocenters. The first-order chi connectivity index (χ1) is 6.33. The third-order valence-corrected chi connectivity index (χ3v) is 2.08. The minimum Gasteiger partial charge on any atom is -0.287 e. The van der Waals surface area contributed by atoms with Crippen molar-refractivity contribution in [2.24, 2.45) is 0 Å². The summed E-state index contributed by atoms with van der Waals surface area (Å²) in [5.74, 6) is 0. The minimum absolute atomic E-state index is 0.0388. The molecule has 0 spiro atoms. The molecule has 66 valence electrons. The molecule has 0 saturated heterocycles. The van der Waals surface area contributed by atoms with Crippen LogP contribution in [0.2, 0.25) is 0 Å². The van der Waals surface area contributed by atoms with Crippen LogP contribution in [0.1, 0.15) is 12.6 Å². The average Bonchev–Trinajstić information content (AvgIpc) is 2.19. The number of aromatic nitrogens is 2. The van der Waals surface area contributed by atoms with E-state index >= 15 is 0 Å². The maximum atomic E-state index is 11.7. The molecule has 3 heteroatoms. The van der Waals surface area contributed by atoms with Gasteiger partial charge in [-0.2, -0.15) is 5.10 Å². The summed E-state index contributed by atoms with van der Waals surface area (Å²) in [6, 6.07) is 7.40. The molecule has 0 fully saturated rings. The van der Waals surface area contributed by atoms with Crippen LogP contribution in [0.5, 0.6) is 0 Å². The molecule has 0 bridgehead atoms. The summed E-state index contributed by atoms with van der Waals surface area (Å²) in [5.41, 5.74) is 1.43. The Morgan fingerprint density at radius 2 is 2.15 bits per heavy atom. The number of aryl methyl sites for hydroxylation is 1. The summed E-state index contributed by atoms with van der Waals surface area (Å²) in [7, 11) is 0. The summed E-state index contributed by atoms with van der Waals surface area (Å²) < 4.78 is 0. The van der Waals surface area contributed by atoms with Gasteiger partial charge in [-0.05, 0) is 18.6 Å². The predicted molar refractivity (Wildman–Crippen MR) is 51.7 cm³/mol. The van der Waals surface area contributed by atoms with Crippen molar-refractivity contribution in [3.63, 3.8) is 0 Å². The number of fused-ring (bicyclic) bond motifs is 1. The van der Waals surface area contributed by atoms with Crippen molar-refractivity contribution in [2.75, 3.05) is 0 Å². The van der Waals surface area contributed by atoms with Crippen molar-refractivity contribution in [1.29, 1.82) is 0 Å². The SMILES string of the molecule is CCc1n[nH]c2ccccc2c1=O. The van der Waals surface area contributed by atoms with E-state index in [1.165, 1.54) is 0 Å². The standard InChI is InChI=1S/C10H10N2O/c1-2-8-10(13)7-5-3-4-6-9(7)12-11-8/h3-6H,2H2,1H3,(H,12,13). The monoisotopic (exact) mass is 174 g/mol. The first-order valence-electron chi connectivity index (χ1n) is 4.29. The molecule has 13 heavy (non-hydrogen) atoms. The molecule has 1 aromatic heterocycles. The van der Waals surface area contributed by atoms with Gasteiger partial charge in [-0.3, -0.25) is 9.89 Å². The fourth-order valence-electron chi connectivity index (χ4n) is 1.35. The number of para-hydroxylation sites is 1. The van der Waals surface area contributed by atoms with Crippen LogP contribution in [-0.4, -0.2) is 10.2 Å². The highest BCUT2D eigenvalue weighted by Crippen LogP contribution is 2.04. The highest BCUT2D eigenvalue weighted by molar-refractivity contribution is 5.77. The van der Waals surface area contributed by atoms with Crippen LogP contribution in [0, 0.1) is 0 Å². The van der Waals surface area contributed by atoms with E-state index in [0.29, 0.717) is 17.5 Å². The van der Waals surface area contributed by atoms with Gasteiger partial charge in [0.25, 0.3) is 0 Å². The molecular weight excluding hydrogens is 164 g/mol. The second-order valence-corrected chi connectivity index (χ2v) is 2.90. The van der Waals surface area contributed by atoms with Gasteiger partial charge in [-0.25, -0.2) is 0 Å². The molecule has 0 aliphatic heterocycles. The quantitative estimate of drug-likeness (QED) is 0.711.